The van der Waals surface area contributed by atoms with E-state index in [4.69, 9.17) is 16.7 Å². The van der Waals surface area contributed by atoms with Gasteiger partial charge in [-0.3, -0.25) is 0 Å². The van der Waals surface area contributed by atoms with Crippen LogP contribution in [-0.2, 0) is 6.42 Å². The van der Waals surface area contributed by atoms with E-state index in [1.807, 2.05) is 26.0 Å². The summed E-state index contributed by atoms with van der Waals surface area (Å²) in [5, 5.41) is 9.55. The zero-order chi connectivity index (χ0) is 9.14. The van der Waals surface area contributed by atoms with Gasteiger partial charge in [0.2, 0.25) is 0 Å². The summed E-state index contributed by atoms with van der Waals surface area (Å²) in [6, 6.07) is 4.06. The summed E-state index contributed by atoms with van der Waals surface area (Å²) in [4.78, 5) is 0. The van der Waals surface area contributed by atoms with Crippen LogP contribution in [0, 0.1) is 13.8 Å². The van der Waals surface area contributed by atoms with Gasteiger partial charge in [0.1, 0.15) is 0 Å². The van der Waals surface area contributed by atoms with Crippen molar-refractivity contribution in [3.63, 3.8) is 0 Å². The predicted molar refractivity (Wildman–Crippen MR) is 51.7 cm³/mol. The molecule has 0 saturated heterocycles. The van der Waals surface area contributed by atoms with E-state index < -0.39 is 0 Å². The molecule has 0 unspecified atom stereocenters. The van der Waals surface area contributed by atoms with Crippen LogP contribution in [0.5, 0.6) is 0 Å². The normalized spacial score (nSPS) is 10.3. The highest BCUT2D eigenvalue weighted by molar-refractivity contribution is 6.32. The number of benzene rings is 1. The molecule has 1 N–H and O–H groups in total. The van der Waals surface area contributed by atoms with Gasteiger partial charge < -0.3 is 5.11 Å². The van der Waals surface area contributed by atoms with Crippen molar-refractivity contribution in [3.05, 3.63) is 33.8 Å². The second-order valence-electron chi connectivity index (χ2n) is 3.03. The van der Waals surface area contributed by atoms with Crippen LogP contribution in [0.1, 0.15) is 16.7 Å². The zero-order valence-electron chi connectivity index (χ0n) is 7.39. The number of hydrogen-bond acceptors (Lipinski definition) is 1. The van der Waals surface area contributed by atoms with E-state index in [0.29, 0.717) is 6.42 Å². The standard InChI is InChI=1S/C10H13ClO/c1-7-5-8(2)10(11)9(6-7)3-4-12/h5-6,12H,3-4H2,1-2H3. The van der Waals surface area contributed by atoms with Crippen LogP contribution in [-0.4, -0.2) is 11.7 Å². The lowest BCUT2D eigenvalue weighted by Crippen LogP contribution is -1.94. The molecule has 0 amide bonds. The predicted octanol–water partition coefficient (Wildman–Crippen LogP) is 2.49. The van der Waals surface area contributed by atoms with Crippen molar-refractivity contribution in [1.82, 2.24) is 0 Å². The molecule has 0 radical (unpaired) electrons. The fourth-order valence-electron chi connectivity index (χ4n) is 1.34. The van der Waals surface area contributed by atoms with Crippen LogP contribution < -0.4 is 0 Å². The van der Waals surface area contributed by atoms with Gasteiger partial charge in [0.05, 0.1) is 0 Å². The second-order valence-corrected chi connectivity index (χ2v) is 3.41. The van der Waals surface area contributed by atoms with Crippen molar-refractivity contribution in [2.45, 2.75) is 20.3 Å². The summed E-state index contributed by atoms with van der Waals surface area (Å²) in [6.45, 7) is 4.17. The van der Waals surface area contributed by atoms with Gasteiger partial charge in [-0.25, -0.2) is 0 Å². The van der Waals surface area contributed by atoms with Crippen LogP contribution in [0.15, 0.2) is 12.1 Å². The van der Waals surface area contributed by atoms with E-state index in [9.17, 15) is 0 Å². The number of rotatable bonds is 2. The molecule has 2 heteroatoms. The maximum Gasteiger partial charge on any atom is 0.0471 e. The number of aliphatic hydroxyl groups is 1. The Balaban J connectivity index is 3.09. The molecular weight excluding hydrogens is 172 g/mol. The minimum absolute atomic E-state index is 0.155. The summed E-state index contributed by atoms with van der Waals surface area (Å²) in [5.41, 5.74) is 3.32. The van der Waals surface area contributed by atoms with Gasteiger partial charge >= 0.3 is 0 Å². The van der Waals surface area contributed by atoms with Gasteiger partial charge in [-0.2, -0.15) is 0 Å². The van der Waals surface area contributed by atoms with Gasteiger partial charge in [-0.05, 0) is 31.4 Å². The Labute approximate surface area is 78.0 Å². The fourth-order valence-corrected chi connectivity index (χ4v) is 1.54. The average molecular weight is 185 g/mol. The van der Waals surface area contributed by atoms with Crippen LogP contribution in [0.3, 0.4) is 0 Å². The molecule has 0 aliphatic heterocycles. The highest BCUT2D eigenvalue weighted by Crippen LogP contribution is 2.22. The maximum atomic E-state index is 8.77. The minimum Gasteiger partial charge on any atom is -0.396 e. The van der Waals surface area contributed by atoms with Crippen LogP contribution in [0.2, 0.25) is 5.02 Å². The van der Waals surface area contributed by atoms with Gasteiger partial charge in [0.15, 0.2) is 0 Å². The lowest BCUT2D eigenvalue weighted by Gasteiger charge is -2.06. The van der Waals surface area contributed by atoms with Gasteiger partial charge in [-0.1, -0.05) is 29.3 Å². The SMILES string of the molecule is Cc1cc(C)c(Cl)c(CCO)c1. The Morgan fingerprint density at radius 3 is 2.58 bits per heavy atom. The van der Waals surface area contributed by atoms with Crippen molar-refractivity contribution < 1.29 is 5.11 Å². The lowest BCUT2D eigenvalue weighted by atomic mass is 10.1. The van der Waals surface area contributed by atoms with Crippen LogP contribution in [0.25, 0.3) is 0 Å². The average Bonchev–Trinajstić information content (AvgIpc) is 2.00. The molecule has 0 atom stereocenters. The smallest absolute Gasteiger partial charge is 0.0471 e. The van der Waals surface area contributed by atoms with E-state index in [0.717, 1.165) is 16.1 Å². The lowest BCUT2D eigenvalue weighted by molar-refractivity contribution is 0.299. The first-order chi connectivity index (χ1) is 5.65. The topological polar surface area (TPSA) is 20.2 Å². The van der Waals surface area contributed by atoms with Crippen molar-refractivity contribution in [1.29, 1.82) is 0 Å². The molecule has 0 fully saturated rings. The molecule has 1 aromatic rings. The maximum absolute atomic E-state index is 8.77. The van der Waals surface area contributed by atoms with Gasteiger partial charge in [-0.15, -0.1) is 0 Å². The minimum atomic E-state index is 0.155. The summed E-state index contributed by atoms with van der Waals surface area (Å²) < 4.78 is 0. The van der Waals surface area contributed by atoms with E-state index in [-0.39, 0.29) is 6.61 Å². The molecule has 1 rings (SSSR count). The first-order valence-corrected chi connectivity index (χ1v) is 4.39. The van der Waals surface area contributed by atoms with Crippen molar-refractivity contribution in [2.75, 3.05) is 6.61 Å². The van der Waals surface area contributed by atoms with Gasteiger partial charge in [0, 0.05) is 11.6 Å². The Morgan fingerprint density at radius 2 is 2.00 bits per heavy atom. The first kappa shape index (κ1) is 9.56. The summed E-state index contributed by atoms with van der Waals surface area (Å²) in [5.74, 6) is 0. The molecule has 0 aliphatic rings. The van der Waals surface area contributed by atoms with E-state index in [1.54, 1.807) is 0 Å². The Morgan fingerprint density at radius 1 is 1.33 bits per heavy atom. The number of hydrogen-bond donors (Lipinski definition) is 1. The largest absolute Gasteiger partial charge is 0.396 e. The van der Waals surface area contributed by atoms with E-state index >= 15 is 0 Å². The third-order valence-corrected chi connectivity index (χ3v) is 2.40. The molecule has 0 aliphatic carbocycles. The molecule has 12 heavy (non-hydrogen) atoms. The monoisotopic (exact) mass is 184 g/mol. The molecule has 0 spiro atoms. The molecular formula is C10H13ClO. The van der Waals surface area contributed by atoms with Crippen LogP contribution >= 0.6 is 11.6 Å². The molecule has 0 heterocycles. The molecule has 1 nitrogen and oxygen atoms in total. The second kappa shape index (κ2) is 3.92. The Hall–Kier alpha value is -0.530. The van der Waals surface area contributed by atoms with Crippen molar-refractivity contribution in [2.24, 2.45) is 0 Å². The molecule has 0 bridgehead atoms. The Kier molecular flexibility index (Phi) is 3.12. The van der Waals surface area contributed by atoms with E-state index in [1.165, 1.54) is 5.56 Å². The summed E-state index contributed by atoms with van der Waals surface area (Å²) >= 11 is 6.03. The number of halogens is 1. The molecule has 66 valence electrons. The van der Waals surface area contributed by atoms with Crippen molar-refractivity contribution in [3.8, 4) is 0 Å². The Bertz CT molecular complexity index is 281. The van der Waals surface area contributed by atoms with Crippen LogP contribution in [0.4, 0.5) is 0 Å². The summed E-state index contributed by atoms with van der Waals surface area (Å²) in [7, 11) is 0. The first-order valence-electron chi connectivity index (χ1n) is 4.01. The fraction of sp³-hybridized carbons (Fsp3) is 0.400. The molecule has 0 saturated carbocycles. The molecule has 0 aromatic heterocycles. The highest BCUT2D eigenvalue weighted by atomic mass is 35.5. The third-order valence-electron chi connectivity index (χ3n) is 1.86. The highest BCUT2D eigenvalue weighted by Gasteiger charge is 2.03. The van der Waals surface area contributed by atoms with Crippen molar-refractivity contribution >= 4 is 11.6 Å². The van der Waals surface area contributed by atoms with Gasteiger partial charge in [0.25, 0.3) is 0 Å². The van der Waals surface area contributed by atoms with E-state index in [2.05, 4.69) is 0 Å². The number of aryl methyl sites for hydroxylation is 2. The number of aliphatic hydroxyl groups excluding tert-OH is 1. The third kappa shape index (κ3) is 1.99. The summed E-state index contributed by atoms with van der Waals surface area (Å²) in [6.07, 6.45) is 0.640. The molecule has 1 aromatic carbocycles. The quantitative estimate of drug-likeness (QED) is 0.749. The zero-order valence-corrected chi connectivity index (χ0v) is 8.15.